The fraction of sp³-hybridized carbons (Fsp3) is 0.333. The fourth-order valence-electron chi connectivity index (χ4n) is 3.59. The molecule has 1 aliphatic rings. The van der Waals surface area contributed by atoms with Crippen molar-refractivity contribution in [3.8, 4) is 0 Å². The van der Waals surface area contributed by atoms with Gasteiger partial charge < -0.3 is 5.32 Å². The van der Waals surface area contributed by atoms with E-state index >= 15 is 0 Å². The molecule has 0 spiro atoms. The Morgan fingerprint density at radius 1 is 1.23 bits per heavy atom. The molecule has 1 atom stereocenters. The van der Waals surface area contributed by atoms with E-state index < -0.39 is 0 Å². The lowest BCUT2D eigenvalue weighted by Crippen LogP contribution is -2.33. The molecule has 134 valence electrons. The van der Waals surface area contributed by atoms with Crippen LogP contribution >= 0.6 is 11.3 Å². The fourth-order valence-corrected chi connectivity index (χ4v) is 4.73. The molecule has 4 rings (SSSR count). The van der Waals surface area contributed by atoms with Crippen molar-refractivity contribution in [1.29, 1.82) is 0 Å². The summed E-state index contributed by atoms with van der Waals surface area (Å²) >= 11 is 1.75. The molecule has 1 aliphatic heterocycles. The van der Waals surface area contributed by atoms with Crippen LogP contribution in [-0.2, 0) is 4.79 Å². The number of hydrogen-bond acceptors (Lipinski definition) is 4. The molecule has 1 saturated heterocycles. The van der Waals surface area contributed by atoms with Crippen LogP contribution in [0, 0.1) is 13.8 Å². The van der Waals surface area contributed by atoms with E-state index in [9.17, 15) is 4.79 Å². The summed E-state index contributed by atoms with van der Waals surface area (Å²) in [6.07, 6.45) is 2.17. The molecule has 2 aromatic carbocycles. The van der Waals surface area contributed by atoms with Crippen molar-refractivity contribution in [2.24, 2.45) is 0 Å². The third-order valence-corrected chi connectivity index (χ3v) is 6.32. The van der Waals surface area contributed by atoms with E-state index in [2.05, 4.69) is 35.3 Å². The van der Waals surface area contributed by atoms with Crippen LogP contribution in [0.15, 0.2) is 42.5 Å². The van der Waals surface area contributed by atoms with Crippen LogP contribution in [0.4, 0.5) is 5.69 Å². The molecule has 4 nitrogen and oxygen atoms in total. The Hall–Kier alpha value is -2.24. The molecule has 0 unspecified atom stereocenters. The number of aromatic nitrogens is 1. The van der Waals surface area contributed by atoms with E-state index in [-0.39, 0.29) is 11.9 Å². The van der Waals surface area contributed by atoms with Crippen LogP contribution in [0.5, 0.6) is 0 Å². The number of fused-ring (bicyclic) bond motifs is 1. The maximum absolute atomic E-state index is 12.6. The van der Waals surface area contributed by atoms with Crippen molar-refractivity contribution in [2.75, 3.05) is 18.4 Å². The Balaban J connectivity index is 1.48. The highest BCUT2D eigenvalue weighted by atomic mass is 32.1. The number of amides is 1. The highest BCUT2D eigenvalue weighted by Crippen LogP contribution is 2.36. The van der Waals surface area contributed by atoms with Gasteiger partial charge in [0.1, 0.15) is 5.01 Å². The summed E-state index contributed by atoms with van der Waals surface area (Å²) in [4.78, 5) is 19.7. The Morgan fingerprint density at radius 2 is 2.08 bits per heavy atom. The number of aryl methyl sites for hydroxylation is 1. The molecule has 0 aliphatic carbocycles. The van der Waals surface area contributed by atoms with E-state index in [1.54, 1.807) is 11.3 Å². The molecule has 3 aromatic rings. The summed E-state index contributed by atoms with van der Waals surface area (Å²) in [7, 11) is 0. The van der Waals surface area contributed by atoms with Crippen LogP contribution in [0.3, 0.4) is 0 Å². The van der Waals surface area contributed by atoms with Crippen LogP contribution in [0.1, 0.15) is 35.0 Å². The molecule has 1 N–H and O–H groups in total. The van der Waals surface area contributed by atoms with Crippen molar-refractivity contribution in [2.45, 2.75) is 32.7 Å². The molecule has 5 heteroatoms. The average molecular weight is 366 g/mol. The molecule has 0 bridgehead atoms. The summed E-state index contributed by atoms with van der Waals surface area (Å²) in [5.41, 5.74) is 4.28. The monoisotopic (exact) mass is 365 g/mol. The number of anilines is 1. The topological polar surface area (TPSA) is 45.2 Å². The van der Waals surface area contributed by atoms with Gasteiger partial charge in [-0.05, 0) is 62.6 Å². The molecule has 1 fully saturated rings. The molecular weight excluding hydrogens is 342 g/mol. The standard InChI is InChI=1S/C21H23N3OS/c1-14-7-5-9-16(15(14)2)22-20(25)13-24-12-6-10-18(24)21-23-17-8-3-4-11-19(17)26-21/h3-5,7-9,11,18H,6,10,12-13H2,1-2H3,(H,22,25)/t18-/m1/s1. The third-order valence-electron chi connectivity index (χ3n) is 5.18. The van der Waals surface area contributed by atoms with Crippen molar-refractivity contribution in [1.82, 2.24) is 9.88 Å². The lowest BCUT2D eigenvalue weighted by Gasteiger charge is -2.22. The summed E-state index contributed by atoms with van der Waals surface area (Å²) in [5, 5.41) is 4.21. The largest absolute Gasteiger partial charge is 0.325 e. The number of nitrogens with zero attached hydrogens (tertiary/aromatic N) is 2. The molecule has 1 aromatic heterocycles. The SMILES string of the molecule is Cc1cccc(NC(=O)CN2CCC[C@@H]2c2nc3ccccc3s2)c1C. The second-order valence-corrected chi connectivity index (χ2v) is 8.01. The van der Waals surface area contributed by atoms with E-state index in [0.29, 0.717) is 6.54 Å². The summed E-state index contributed by atoms with van der Waals surface area (Å²) in [6.45, 7) is 5.47. The number of hydrogen-bond donors (Lipinski definition) is 1. The lowest BCUT2D eigenvalue weighted by atomic mass is 10.1. The normalized spacial score (nSPS) is 17.7. The Labute approximate surface area is 157 Å². The van der Waals surface area contributed by atoms with Gasteiger partial charge in [0, 0.05) is 5.69 Å². The van der Waals surface area contributed by atoms with Crippen molar-refractivity contribution < 1.29 is 4.79 Å². The highest BCUT2D eigenvalue weighted by molar-refractivity contribution is 7.18. The third kappa shape index (κ3) is 3.37. The van der Waals surface area contributed by atoms with Gasteiger partial charge in [-0.1, -0.05) is 24.3 Å². The minimum atomic E-state index is 0.0479. The van der Waals surface area contributed by atoms with Crippen LogP contribution in [-0.4, -0.2) is 28.9 Å². The second kappa shape index (κ2) is 7.17. The van der Waals surface area contributed by atoms with Gasteiger partial charge in [-0.3, -0.25) is 9.69 Å². The molecule has 0 radical (unpaired) electrons. The first kappa shape index (κ1) is 17.2. The molecular formula is C21H23N3OS. The van der Waals surface area contributed by atoms with Crippen LogP contribution in [0.2, 0.25) is 0 Å². The summed E-state index contributed by atoms with van der Waals surface area (Å²) in [5.74, 6) is 0.0479. The van der Waals surface area contributed by atoms with Gasteiger partial charge >= 0.3 is 0 Å². The highest BCUT2D eigenvalue weighted by Gasteiger charge is 2.30. The van der Waals surface area contributed by atoms with E-state index in [0.717, 1.165) is 41.2 Å². The molecule has 26 heavy (non-hydrogen) atoms. The zero-order chi connectivity index (χ0) is 18.1. The zero-order valence-corrected chi connectivity index (χ0v) is 16.0. The lowest BCUT2D eigenvalue weighted by molar-refractivity contribution is -0.117. The smallest absolute Gasteiger partial charge is 0.238 e. The molecule has 2 heterocycles. The Kier molecular flexibility index (Phi) is 4.74. The second-order valence-electron chi connectivity index (χ2n) is 6.94. The Bertz CT molecular complexity index is 916. The average Bonchev–Trinajstić information content (AvgIpc) is 3.25. The summed E-state index contributed by atoms with van der Waals surface area (Å²) in [6, 6.07) is 14.5. The first-order chi connectivity index (χ1) is 12.6. The number of rotatable bonds is 4. The first-order valence-electron chi connectivity index (χ1n) is 9.07. The van der Waals surface area contributed by atoms with Crippen molar-refractivity contribution in [3.63, 3.8) is 0 Å². The first-order valence-corrected chi connectivity index (χ1v) is 9.89. The number of para-hydroxylation sites is 1. The van der Waals surface area contributed by atoms with Crippen molar-refractivity contribution in [3.05, 3.63) is 58.6 Å². The summed E-state index contributed by atoms with van der Waals surface area (Å²) < 4.78 is 1.22. The van der Waals surface area contributed by atoms with Gasteiger partial charge in [-0.2, -0.15) is 0 Å². The predicted octanol–water partition coefficient (Wildman–Crippen LogP) is 4.69. The number of carbonyl (C=O) groups is 1. The minimum absolute atomic E-state index is 0.0479. The van der Waals surface area contributed by atoms with Crippen LogP contribution in [0.25, 0.3) is 10.2 Å². The van der Waals surface area contributed by atoms with E-state index in [4.69, 9.17) is 4.98 Å². The van der Waals surface area contributed by atoms with Gasteiger partial charge in [0.05, 0.1) is 22.8 Å². The van der Waals surface area contributed by atoms with Gasteiger partial charge in [-0.25, -0.2) is 4.98 Å². The van der Waals surface area contributed by atoms with Crippen LogP contribution < -0.4 is 5.32 Å². The van der Waals surface area contributed by atoms with Gasteiger partial charge in [0.25, 0.3) is 0 Å². The number of carbonyl (C=O) groups excluding carboxylic acids is 1. The van der Waals surface area contributed by atoms with E-state index in [1.807, 2.05) is 31.2 Å². The maximum Gasteiger partial charge on any atom is 0.238 e. The molecule has 0 saturated carbocycles. The number of nitrogens with one attached hydrogen (secondary N) is 1. The van der Waals surface area contributed by atoms with E-state index in [1.165, 1.54) is 10.3 Å². The maximum atomic E-state index is 12.6. The van der Waals surface area contributed by atoms with Gasteiger partial charge in [0.15, 0.2) is 0 Å². The van der Waals surface area contributed by atoms with Crippen molar-refractivity contribution >= 4 is 33.1 Å². The predicted molar refractivity (Wildman–Crippen MR) is 108 cm³/mol. The number of thiazole rings is 1. The Morgan fingerprint density at radius 3 is 2.92 bits per heavy atom. The van der Waals surface area contributed by atoms with Gasteiger partial charge in [0.2, 0.25) is 5.91 Å². The van der Waals surface area contributed by atoms with Gasteiger partial charge in [-0.15, -0.1) is 11.3 Å². The zero-order valence-electron chi connectivity index (χ0n) is 15.2. The quantitative estimate of drug-likeness (QED) is 0.729. The molecule has 1 amide bonds. The minimum Gasteiger partial charge on any atom is -0.325 e. The number of likely N-dealkylation sites (tertiary alicyclic amines) is 1. The number of benzene rings is 2.